The number of hydrogen-bond acceptors (Lipinski definition) is 2. The third kappa shape index (κ3) is 2.81. The molecule has 0 aromatic heterocycles. The van der Waals surface area contributed by atoms with E-state index in [1.807, 2.05) is 12.1 Å². The van der Waals surface area contributed by atoms with Crippen molar-refractivity contribution in [2.45, 2.75) is 38.0 Å². The zero-order valence-corrected chi connectivity index (χ0v) is 16.2. The smallest absolute Gasteiger partial charge is 0.214 e. The topological polar surface area (TPSA) is 49.2 Å². The van der Waals surface area contributed by atoms with Crippen molar-refractivity contribution in [2.75, 3.05) is 13.6 Å². The molecule has 25 heavy (non-hydrogen) atoms. The summed E-state index contributed by atoms with van der Waals surface area (Å²) in [6.45, 7) is 9.83. The fourth-order valence-electron chi connectivity index (χ4n) is 3.52. The van der Waals surface area contributed by atoms with Crippen molar-refractivity contribution in [2.24, 2.45) is 0 Å². The van der Waals surface area contributed by atoms with E-state index in [1.54, 1.807) is 12.1 Å². The first kappa shape index (κ1) is 17.8. The summed E-state index contributed by atoms with van der Waals surface area (Å²) in [6, 6.07) is 13.5. The van der Waals surface area contributed by atoms with Crippen LogP contribution < -0.4 is 4.72 Å². The molecule has 4 nitrogen and oxygen atoms in total. The first-order valence-corrected chi connectivity index (χ1v) is 10.0. The van der Waals surface area contributed by atoms with Crippen LogP contribution in [0.5, 0.6) is 0 Å². The molecule has 2 aromatic rings. The van der Waals surface area contributed by atoms with Gasteiger partial charge in [-0.05, 0) is 63.2 Å². The van der Waals surface area contributed by atoms with Gasteiger partial charge in [-0.2, -0.15) is 4.58 Å². The van der Waals surface area contributed by atoms with Gasteiger partial charge in [0.25, 0.3) is 0 Å². The lowest BCUT2D eigenvalue weighted by Gasteiger charge is -2.16. The second-order valence-corrected chi connectivity index (χ2v) is 8.81. The van der Waals surface area contributed by atoms with Crippen molar-refractivity contribution in [3.05, 3.63) is 48.0 Å². The van der Waals surface area contributed by atoms with Crippen LogP contribution >= 0.6 is 0 Å². The van der Waals surface area contributed by atoms with Crippen LogP contribution in [0.2, 0.25) is 0 Å². The molecule has 1 aliphatic rings. The molecule has 3 rings (SSSR count). The maximum Gasteiger partial charge on any atom is 0.240 e. The Morgan fingerprint density at radius 1 is 1.04 bits per heavy atom. The number of nitrogens with zero attached hydrogens (tertiary/aromatic N) is 1. The molecule has 0 saturated carbocycles. The largest absolute Gasteiger partial charge is 0.240 e. The van der Waals surface area contributed by atoms with E-state index in [0.29, 0.717) is 0 Å². The van der Waals surface area contributed by atoms with Crippen molar-refractivity contribution < 1.29 is 13.0 Å². The van der Waals surface area contributed by atoms with Crippen LogP contribution in [0.1, 0.15) is 33.3 Å². The van der Waals surface area contributed by atoms with Gasteiger partial charge in [0, 0.05) is 18.6 Å². The maximum atomic E-state index is 11.9. The number of benzene rings is 2. The van der Waals surface area contributed by atoms with Crippen LogP contribution in [-0.2, 0) is 15.4 Å². The van der Waals surface area contributed by atoms with Gasteiger partial charge >= 0.3 is 0 Å². The summed E-state index contributed by atoms with van der Waals surface area (Å²) in [6.07, 6.45) is 0. The molecule has 0 bridgehead atoms. The van der Waals surface area contributed by atoms with E-state index in [9.17, 15) is 8.42 Å². The summed E-state index contributed by atoms with van der Waals surface area (Å²) in [5, 5.41) is 0. The van der Waals surface area contributed by atoms with E-state index in [4.69, 9.17) is 0 Å². The van der Waals surface area contributed by atoms with Crippen molar-refractivity contribution >= 4 is 21.4 Å². The van der Waals surface area contributed by atoms with Gasteiger partial charge in [0.2, 0.25) is 15.7 Å². The molecule has 0 radical (unpaired) electrons. The molecule has 0 unspecified atom stereocenters. The van der Waals surface area contributed by atoms with E-state index >= 15 is 0 Å². The van der Waals surface area contributed by atoms with Crippen molar-refractivity contribution in [3.8, 4) is 11.1 Å². The van der Waals surface area contributed by atoms with E-state index in [-0.39, 0.29) is 10.3 Å². The molecule has 0 spiro atoms. The Kier molecular flexibility index (Phi) is 4.33. The quantitative estimate of drug-likeness (QED) is 0.849. The van der Waals surface area contributed by atoms with Gasteiger partial charge < -0.3 is 0 Å². The lowest BCUT2D eigenvalue weighted by molar-refractivity contribution is -0.434. The molecule has 0 atom stereocenters. The first-order chi connectivity index (χ1) is 11.7. The highest BCUT2D eigenvalue weighted by Gasteiger charge is 2.42. The van der Waals surface area contributed by atoms with Gasteiger partial charge in [0.15, 0.2) is 5.71 Å². The number of rotatable bonds is 4. The Morgan fingerprint density at radius 2 is 1.64 bits per heavy atom. The van der Waals surface area contributed by atoms with Crippen LogP contribution in [-0.4, -0.2) is 32.3 Å². The SMILES string of the molecule is CC[N+]1=C(C)C(C)(C)c2cc(-c3ccc(S(=O)(=O)NC)cc3)ccc21. The zero-order chi connectivity index (χ0) is 18.4. The predicted molar refractivity (Wildman–Crippen MR) is 102 cm³/mol. The number of hydrogen-bond donors (Lipinski definition) is 1. The van der Waals surface area contributed by atoms with Crippen LogP contribution in [0.3, 0.4) is 0 Å². The summed E-state index contributed by atoms with van der Waals surface area (Å²) in [5.41, 5.74) is 6.06. The fraction of sp³-hybridized carbons (Fsp3) is 0.350. The number of nitrogens with one attached hydrogen (secondary N) is 1. The third-order valence-electron chi connectivity index (χ3n) is 5.35. The monoisotopic (exact) mass is 357 g/mol. The zero-order valence-electron chi connectivity index (χ0n) is 15.4. The van der Waals surface area contributed by atoms with Gasteiger partial charge in [0.05, 0.1) is 10.3 Å². The molecule has 1 aliphatic heterocycles. The van der Waals surface area contributed by atoms with Gasteiger partial charge in [-0.15, -0.1) is 0 Å². The standard InChI is InChI=1S/C20H25N2O2S/c1-6-22-14(2)20(3,4)18-13-16(9-12-19(18)22)15-7-10-17(11-8-15)25(23,24)21-5/h7-13,21H,6H2,1-5H3/q+1. The van der Waals surface area contributed by atoms with Gasteiger partial charge in [-0.3, -0.25) is 0 Å². The first-order valence-electron chi connectivity index (χ1n) is 8.52. The van der Waals surface area contributed by atoms with Crippen molar-refractivity contribution in [1.29, 1.82) is 0 Å². The summed E-state index contributed by atoms with van der Waals surface area (Å²) < 4.78 is 28.5. The predicted octanol–water partition coefficient (Wildman–Crippen LogP) is 3.68. The number of fused-ring (bicyclic) bond motifs is 1. The molecule has 1 heterocycles. The van der Waals surface area contributed by atoms with E-state index in [0.717, 1.165) is 17.7 Å². The normalized spacial score (nSPS) is 16.2. The molecular formula is C20H25N2O2S+. The average molecular weight is 357 g/mol. The third-order valence-corrected chi connectivity index (χ3v) is 6.78. The minimum absolute atomic E-state index is 0.00321. The Balaban J connectivity index is 2.04. The van der Waals surface area contributed by atoms with Gasteiger partial charge in [-0.1, -0.05) is 12.1 Å². The molecular weight excluding hydrogens is 332 g/mol. The Morgan fingerprint density at radius 3 is 2.20 bits per heavy atom. The van der Waals surface area contributed by atoms with E-state index < -0.39 is 10.0 Å². The lowest BCUT2D eigenvalue weighted by atomic mass is 9.81. The summed E-state index contributed by atoms with van der Waals surface area (Å²) in [5.74, 6) is 0. The van der Waals surface area contributed by atoms with E-state index in [2.05, 4.69) is 55.2 Å². The van der Waals surface area contributed by atoms with Crippen LogP contribution in [0.4, 0.5) is 5.69 Å². The van der Waals surface area contributed by atoms with Gasteiger partial charge in [-0.25, -0.2) is 13.1 Å². The maximum absolute atomic E-state index is 11.9. The summed E-state index contributed by atoms with van der Waals surface area (Å²) >= 11 is 0. The highest BCUT2D eigenvalue weighted by atomic mass is 32.2. The molecule has 0 amide bonds. The molecule has 0 aliphatic carbocycles. The van der Waals surface area contributed by atoms with Crippen molar-refractivity contribution in [3.63, 3.8) is 0 Å². The molecule has 2 aromatic carbocycles. The van der Waals surface area contributed by atoms with Crippen molar-refractivity contribution in [1.82, 2.24) is 4.72 Å². The fourth-order valence-corrected chi connectivity index (χ4v) is 4.25. The van der Waals surface area contributed by atoms with E-state index in [1.165, 1.54) is 24.0 Å². The van der Waals surface area contributed by atoms with Crippen LogP contribution in [0.15, 0.2) is 47.4 Å². The Hall–Kier alpha value is -1.98. The highest BCUT2D eigenvalue weighted by Crippen LogP contribution is 2.41. The van der Waals surface area contributed by atoms with Crippen LogP contribution in [0, 0.1) is 0 Å². The molecule has 1 N–H and O–H groups in total. The number of sulfonamides is 1. The molecule has 0 fully saturated rings. The summed E-state index contributed by atoms with van der Waals surface area (Å²) in [7, 11) is -1.98. The molecule has 0 saturated heterocycles. The summed E-state index contributed by atoms with van der Waals surface area (Å²) in [4.78, 5) is 0.279. The second-order valence-electron chi connectivity index (χ2n) is 6.92. The highest BCUT2D eigenvalue weighted by molar-refractivity contribution is 7.89. The second kappa shape index (κ2) is 6.07. The Labute approximate surface area is 150 Å². The minimum atomic E-state index is -3.40. The van der Waals surface area contributed by atoms with Gasteiger partial charge in [0.1, 0.15) is 6.54 Å². The average Bonchev–Trinajstić information content (AvgIpc) is 2.81. The minimum Gasteiger partial charge on any atom is -0.214 e. The lowest BCUT2D eigenvalue weighted by Crippen LogP contribution is -2.26. The van der Waals surface area contributed by atoms with Crippen LogP contribution in [0.25, 0.3) is 11.1 Å². The molecule has 132 valence electrons. The Bertz CT molecular complexity index is 956. The molecule has 5 heteroatoms.